The molecular weight excluding hydrogens is 603 g/mol. The minimum absolute atomic E-state index is 0.0997. The molecule has 1 N–H and O–H groups in total. The second-order valence-electron chi connectivity index (χ2n) is 9.17. The topological polar surface area (TPSA) is 62.1 Å². The van der Waals surface area contributed by atoms with Gasteiger partial charge in [-0.25, -0.2) is 8.78 Å². The fourth-order valence-electron chi connectivity index (χ4n) is 3.75. The van der Waals surface area contributed by atoms with E-state index in [4.69, 9.17) is 5.26 Å². The number of carbonyl (C=O) groups is 1. The fourth-order valence-corrected chi connectivity index (χ4v) is 3.75. The molecule has 0 fully saturated rings. The van der Waals surface area contributed by atoms with Crippen LogP contribution in [0.3, 0.4) is 0 Å². The van der Waals surface area contributed by atoms with E-state index in [9.17, 15) is 44.3 Å². The Balaban J connectivity index is 0.000000662. The molecule has 0 aliphatic rings. The largest absolute Gasteiger partial charge is 0.461 e. The molecule has 44 heavy (non-hydrogen) atoms. The molecule has 230 valence electrons. The molecule has 0 saturated carbocycles. The highest BCUT2D eigenvalue weighted by Gasteiger charge is 2.44. The van der Waals surface area contributed by atoms with Crippen molar-refractivity contribution in [1.29, 1.82) is 5.26 Å². The van der Waals surface area contributed by atoms with E-state index in [2.05, 4.69) is 29.1 Å². The van der Waals surface area contributed by atoms with Crippen molar-refractivity contribution >= 4 is 5.91 Å². The third-order valence-electron chi connectivity index (χ3n) is 5.86. The average molecular weight is 625 g/mol. The van der Waals surface area contributed by atoms with Crippen LogP contribution < -0.4 is 10.1 Å². The summed E-state index contributed by atoms with van der Waals surface area (Å²) in [5.74, 6) is -5.11. The van der Waals surface area contributed by atoms with Gasteiger partial charge in [0.25, 0.3) is 5.91 Å². The van der Waals surface area contributed by atoms with Crippen LogP contribution in [0.4, 0.5) is 39.5 Å². The molecule has 4 nitrogen and oxygen atoms in total. The normalized spacial score (nSPS) is 12.0. The van der Waals surface area contributed by atoms with Crippen molar-refractivity contribution in [1.82, 2.24) is 5.32 Å². The number of benzene rings is 4. The molecule has 0 saturated heterocycles. The first-order chi connectivity index (χ1) is 20.6. The first-order valence-electron chi connectivity index (χ1n) is 12.5. The lowest BCUT2D eigenvalue weighted by atomic mass is 9.96. The first-order valence-corrected chi connectivity index (χ1v) is 12.5. The zero-order valence-corrected chi connectivity index (χ0v) is 22.5. The summed E-state index contributed by atoms with van der Waals surface area (Å²) < 4.78 is 123. The maximum Gasteiger partial charge on any atom is 0.461 e. The minimum atomic E-state index is -5.13. The molecule has 0 aromatic heterocycles. The number of nitrogens with one attached hydrogen (secondary N) is 1. The number of hydrogen-bond acceptors (Lipinski definition) is 3. The van der Waals surface area contributed by atoms with E-state index in [1.807, 2.05) is 24.3 Å². The van der Waals surface area contributed by atoms with Gasteiger partial charge in [-0.2, -0.15) is 36.0 Å². The number of alkyl halides is 7. The van der Waals surface area contributed by atoms with Gasteiger partial charge in [0, 0.05) is 11.6 Å². The first kappa shape index (κ1) is 33.5. The van der Waals surface area contributed by atoms with Gasteiger partial charge in [0.05, 0.1) is 23.2 Å². The van der Waals surface area contributed by atoms with E-state index in [0.29, 0.717) is 18.2 Å². The molecular formula is C31H21F9N2O2. The third kappa shape index (κ3) is 9.00. The lowest BCUT2D eigenvalue weighted by Crippen LogP contribution is -2.33. The predicted molar refractivity (Wildman–Crippen MR) is 141 cm³/mol. The van der Waals surface area contributed by atoms with Gasteiger partial charge in [0.1, 0.15) is 17.4 Å². The van der Waals surface area contributed by atoms with Crippen molar-refractivity contribution in [2.75, 3.05) is 0 Å². The molecule has 0 aliphatic heterocycles. The Labute approximate surface area is 245 Å². The van der Waals surface area contributed by atoms with Gasteiger partial charge in [-0.05, 0) is 60.5 Å². The van der Waals surface area contributed by atoms with Crippen molar-refractivity contribution in [3.8, 4) is 11.8 Å². The van der Waals surface area contributed by atoms with Gasteiger partial charge in [0.15, 0.2) is 0 Å². The highest BCUT2D eigenvalue weighted by Crippen LogP contribution is 2.34. The van der Waals surface area contributed by atoms with E-state index >= 15 is 0 Å². The maximum absolute atomic E-state index is 14.3. The number of rotatable bonds is 7. The van der Waals surface area contributed by atoms with Crippen molar-refractivity contribution in [3.05, 3.63) is 136 Å². The smallest absolute Gasteiger partial charge is 0.428 e. The van der Waals surface area contributed by atoms with Crippen molar-refractivity contribution in [3.63, 3.8) is 0 Å². The van der Waals surface area contributed by atoms with Crippen molar-refractivity contribution in [2.45, 2.75) is 31.7 Å². The Morgan fingerprint density at radius 2 is 1.48 bits per heavy atom. The summed E-state index contributed by atoms with van der Waals surface area (Å²) >= 11 is 0. The predicted octanol–water partition coefficient (Wildman–Crippen LogP) is 8.61. The second kappa shape index (κ2) is 14.0. The Morgan fingerprint density at radius 1 is 0.841 bits per heavy atom. The lowest BCUT2D eigenvalue weighted by Gasteiger charge is -2.22. The molecule has 0 spiro atoms. The van der Waals surface area contributed by atoms with Crippen LogP contribution in [0.5, 0.6) is 5.75 Å². The van der Waals surface area contributed by atoms with Crippen molar-refractivity contribution < 1.29 is 49.0 Å². The molecule has 0 aliphatic carbocycles. The number of ether oxygens (including phenoxy) is 1. The zero-order chi connectivity index (χ0) is 32.7. The number of aryl methyl sites for hydroxylation is 1. The highest BCUT2D eigenvalue weighted by atomic mass is 19.4. The lowest BCUT2D eigenvalue weighted by molar-refractivity contribution is -0.253. The van der Waals surface area contributed by atoms with Gasteiger partial charge in [-0.3, -0.25) is 4.79 Å². The molecule has 4 rings (SSSR count). The van der Waals surface area contributed by atoms with E-state index in [-0.39, 0.29) is 22.8 Å². The monoisotopic (exact) mass is 624 g/mol. The number of amides is 1. The number of nitrogens with zero attached hydrogens (tertiary/aromatic N) is 1. The van der Waals surface area contributed by atoms with E-state index < -0.39 is 59.2 Å². The van der Waals surface area contributed by atoms with Gasteiger partial charge in [0.2, 0.25) is 0 Å². The fraction of sp³-hybridized carbons (Fsp3) is 0.161. The summed E-state index contributed by atoms with van der Waals surface area (Å²) in [6.45, 7) is 2.08. The van der Waals surface area contributed by atoms with Crippen molar-refractivity contribution in [2.24, 2.45) is 0 Å². The van der Waals surface area contributed by atoms with Gasteiger partial charge >= 0.3 is 18.7 Å². The SMILES string of the molecule is Cc1ccccc1.N#Cc1ccc([C@@H](NC(=O)c2ccc(F)c(C(F)(F)F)c2)c2cc(F)cc(OC(F)(F)C(F)F)c2)cc1. The van der Waals surface area contributed by atoms with E-state index in [1.54, 1.807) is 0 Å². The Morgan fingerprint density at radius 3 is 2.00 bits per heavy atom. The molecule has 4 aromatic rings. The van der Waals surface area contributed by atoms with Crippen LogP contribution in [0.2, 0.25) is 0 Å². The van der Waals surface area contributed by atoms with Crippen LogP contribution in [0.1, 0.15) is 44.2 Å². The molecule has 1 amide bonds. The third-order valence-corrected chi connectivity index (χ3v) is 5.86. The number of hydrogen-bond donors (Lipinski definition) is 1. The summed E-state index contributed by atoms with van der Waals surface area (Å²) in [6, 6.07) is 18.9. The Hall–Kier alpha value is -4.99. The Kier molecular flexibility index (Phi) is 10.7. The van der Waals surface area contributed by atoms with Crippen LogP contribution in [0.15, 0.2) is 91.0 Å². The standard InChI is InChI=1S/C24H13F9N2O2.C7H8/c25-16-7-15(8-17(10-16)37-24(32,33)22(27)28)20(13-3-1-12(11-34)2-4-13)35-21(36)14-5-6-19(26)18(9-14)23(29,30)31;1-7-5-3-2-4-6-7/h1-10,20,22H,(H,35,36);2-6H,1H3/t20-;/m1./s1. The van der Waals surface area contributed by atoms with Crippen LogP contribution >= 0.6 is 0 Å². The number of carbonyl (C=O) groups excluding carboxylic acids is 1. The molecule has 0 unspecified atom stereocenters. The summed E-state index contributed by atoms with van der Waals surface area (Å²) in [6.07, 6.45) is -14.4. The Bertz CT molecular complexity index is 1620. The van der Waals surface area contributed by atoms with Crippen LogP contribution in [-0.4, -0.2) is 18.4 Å². The number of halogens is 9. The highest BCUT2D eigenvalue weighted by molar-refractivity contribution is 5.95. The number of nitriles is 1. The molecule has 0 heterocycles. The summed E-state index contributed by atoms with van der Waals surface area (Å²) in [5, 5.41) is 11.2. The van der Waals surface area contributed by atoms with Crippen LogP contribution in [0.25, 0.3) is 0 Å². The zero-order valence-electron chi connectivity index (χ0n) is 22.5. The summed E-state index contributed by atoms with van der Waals surface area (Å²) in [5.41, 5.74) is -1.13. The van der Waals surface area contributed by atoms with Gasteiger partial charge in [-0.1, -0.05) is 48.0 Å². The minimum Gasteiger partial charge on any atom is -0.428 e. The van der Waals surface area contributed by atoms with Gasteiger partial charge in [-0.15, -0.1) is 0 Å². The van der Waals surface area contributed by atoms with Crippen LogP contribution in [0, 0.1) is 29.9 Å². The maximum atomic E-state index is 14.3. The molecule has 0 bridgehead atoms. The van der Waals surface area contributed by atoms with E-state index in [1.165, 1.54) is 29.8 Å². The van der Waals surface area contributed by atoms with Crippen LogP contribution in [-0.2, 0) is 6.18 Å². The van der Waals surface area contributed by atoms with Gasteiger partial charge < -0.3 is 10.1 Å². The quantitative estimate of drug-likeness (QED) is 0.210. The molecule has 1 atom stereocenters. The molecule has 0 radical (unpaired) electrons. The second-order valence-corrected chi connectivity index (χ2v) is 9.17. The molecule has 13 heteroatoms. The van der Waals surface area contributed by atoms with E-state index in [0.717, 1.165) is 12.1 Å². The molecule has 4 aromatic carbocycles. The summed E-state index contributed by atoms with van der Waals surface area (Å²) in [4.78, 5) is 12.8. The summed E-state index contributed by atoms with van der Waals surface area (Å²) in [7, 11) is 0. The average Bonchev–Trinajstić information content (AvgIpc) is 2.95.